The molecule has 3 amide bonds. The van der Waals surface area contributed by atoms with Gasteiger partial charge in [0.05, 0.1) is 17.3 Å². The number of benzene rings is 2. The van der Waals surface area contributed by atoms with Gasteiger partial charge in [-0.15, -0.1) is 11.8 Å². The van der Waals surface area contributed by atoms with Crippen molar-refractivity contribution < 1.29 is 14.0 Å². The van der Waals surface area contributed by atoms with E-state index in [9.17, 15) is 14.0 Å². The maximum absolute atomic E-state index is 14.5. The average Bonchev–Trinajstić information content (AvgIpc) is 3.20. The number of carbonyl (C=O) groups excluding carboxylic acids is 2. The maximum Gasteiger partial charge on any atom is 0.322 e. The third-order valence-electron chi connectivity index (χ3n) is 4.78. The molecular weight excluding hydrogens is 379 g/mol. The molecule has 1 N–H and O–H groups in total. The number of anilines is 2. The monoisotopic (exact) mass is 398 g/mol. The number of rotatable bonds is 2. The molecule has 2 aromatic rings. The number of nitrogens with one attached hydrogen (secondary N) is 1. The summed E-state index contributed by atoms with van der Waals surface area (Å²) in [5, 5.41) is 2.89. The molecule has 0 saturated carbocycles. The first-order valence-electron chi connectivity index (χ1n) is 8.88. The number of urea groups is 1. The number of thioether (sulfide) groups is 1. The molecule has 0 aliphatic carbocycles. The van der Waals surface area contributed by atoms with Gasteiger partial charge in [0.25, 0.3) is 0 Å². The Labute approximate surface area is 166 Å². The van der Waals surface area contributed by atoms with E-state index in [1.807, 2.05) is 0 Å². The molecule has 0 bridgehead atoms. The van der Waals surface area contributed by atoms with Crippen LogP contribution in [-0.4, -0.2) is 54.3 Å². The molecule has 2 aliphatic rings. The van der Waals surface area contributed by atoms with Gasteiger partial charge in [0.2, 0.25) is 5.91 Å². The molecule has 2 aliphatic heterocycles. The van der Waals surface area contributed by atoms with Crippen LogP contribution in [0.3, 0.4) is 0 Å². The molecule has 0 unspecified atom stereocenters. The normalized spacial score (nSPS) is 16.5. The van der Waals surface area contributed by atoms with Crippen LogP contribution in [0.15, 0.2) is 47.5 Å². The Bertz CT molecular complexity index is 972. The largest absolute Gasteiger partial charge is 0.322 e. The van der Waals surface area contributed by atoms with E-state index in [2.05, 4.69) is 10.3 Å². The van der Waals surface area contributed by atoms with E-state index in [-0.39, 0.29) is 18.5 Å². The van der Waals surface area contributed by atoms with E-state index in [0.29, 0.717) is 40.6 Å². The van der Waals surface area contributed by atoms with E-state index in [1.165, 1.54) is 11.0 Å². The first kappa shape index (κ1) is 18.5. The number of nitrogens with zero attached hydrogens (tertiary/aromatic N) is 3. The van der Waals surface area contributed by atoms with Crippen LogP contribution in [0.4, 0.5) is 20.6 Å². The zero-order valence-electron chi connectivity index (χ0n) is 15.3. The number of likely N-dealkylation sites (N-methyl/N-ethyl adjacent to an activating group) is 1. The average molecular weight is 398 g/mol. The van der Waals surface area contributed by atoms with Gasteiger partial charge < -0.3 is 15.1 Å². The Kier molecular flexibility index (Phi) is 5.04. The quantitative estimate of drug-likeness (QED) is 0.845. The fourth-order valence-electron chi connectivity index (χ4n) is 3.23. The van der Waals surface area contributed by atoms with Crippen LogP contribution < -0.4 is 10.2 Å². The maximum atomic E-state index is 14.5. The van der Waals surface area contributed by atoms with Crippen molar-refractivity contribution in [2.24, 2.45) is 4.99 Å². The molecule has 0 atom stereocenters. The van der Waals surface area contributed by atoms with Crippen molar-refractivity contribution in [3.63, 3.8) is 0 Å². The SMILES string of the molecule is CN1C(=O)CN=C(c2ccccc2F)c2cc(NC(=O)N3CCSC3)ccc21. The topological polar surface area (TPSA) is 65.0 Å². The van der Waals surface area contributed by atoms with E-state index in [0.717, 1.165) is 5.75 Å². The highest BCUT2D eigenvalue weighted by molar-refractivity contribution is 7.99. The summed E-state index contributed by atoms with van der Waals surface area (Å²) in [7, 11) is 1.67. The van der Waals surface area contributed by atoms with Crippen LogP contribution in [0.2, 0.25) is 0 Å². The third kappa shape index (κ3) is 3.47. The van der Waals surface area contributed by atoms with Crippen molar-refractivity contribution in [1.29, 1.82) is 0 Å². The van der Waals surface area contributed by atoms with E-state index >= 15 is 0 Å². The molecular formula is C20H19FN4O2S. The standard InChI is InChI=1S/C20H19FN4O2S/c1-24-17-7-6-13(23-20(27)25-8-9-28-12-25)10-15(17)19(22-11-18(24)26)14-4-2-3-5-16(14)21/h2-7,10H,8-9,11-12H2,1H3,(H,23,27). The van der Waals surface area contributed by atoms with Gasteiger partial charge in [-0.25, -0.2) is 9.18 Å². The molecule has 8 heteroatoms. The predicted octanol–water partition coefficient (Wildman–Crippen LogP) is 3.18. The fourth-order valence-corrected chi connectivity index (χ4v) is 4.17. The van der Waals surface area contributed by atoms with Gasteiger partial charge >= 0.3 is 6.03 Å². The predicted molar refractivity (Wildman–Crippen MR) is 110 cm³/mol. The van der Waals surface area contributed by atoms with Crippen molar-refractivity contribution in [1.82, 2.24) is 4.90 Å². The van der Waals surface area contributed by atoms with Crippen LogP contribution in [0.25, 0.3) is 0 Å². The smallest absolute Gasteiger partial charge is 0.314 e. The van der Waals surface area contributed by atoms with Gasteiger partial charge in [0, 0.05) is 36.2 Å². The van der Waals surface area contributed by atoms with E-state index < -0.39 is 5.82 Å². The molecule has 0 spiro atoms. The Morgan fingerprint density at radius 2 is 2.04 bits per heavy atom. The number of aliphatic imine (C=N–C) groups is 1. The molecule has 28 heavy (non-hydrogen) atoms. The Morgan fingerprint density at radius 1 is 1.21 bits per heavy atom. The van der Waals surface area contributed by atoms with Gasteiger partial charge in [-0.05, 0) is 30.3 Å². The number of carbonyl (C=O) groups is 2. The van der Waals surface area contributed by atoms with Crippen LogP contribution >= 0.6 is 11.8 Å². The fraction of sp³-hybridized carbons (Fsp3) is 0.250. The lowest BCUT2D eigenvalue weighted by atomic mass is 9.99. The lowest BCUT2D eigenvalue weighted by Crippen LogP contribution is -2.32. The highest BCUT2D eigenvalue weighted by Gasteiger charge is 2.25. The summed E-state index contributed by atoms with van der Waals surface area (Å²) in [6.45, 7) is 0.641. The van der Waals surface area contributed by atoms with Gasteiger partial charge in [0.15, 0.2) is 0 Å². The van der Waals surface area contributed by atoms with Gasteiger partial charge in [-0.3, -0.25) is 9.79 Å². The molecule has 2 aromatic carbocycles. The van der Waals surface area contributed by atoms with Gasteiger partial charge in [-0.1, -0.05) is 12.1 Å². The Morgan fingerprint density at radius 3 is 2.79 bits per heavy atom. The summed E-state index contributed by atoms with van der Waals surface area (Å²) < 4.78 is 14.5. The first-order chi connectivity index (χ1) is 13.5. The minimum atomic E-state index is -0.410. The minimum Gasteiger partial charge on any atom is -0.314 e. The highest BCUT2D eigenvalue weighted by Crippen LogP contribution is 2.30. The molecule has 6 nitrogen and oxygen atoms in total. The first-order valence-corrected chi connectivity index (χ1v) is 10.0. The minimum absolute atomic E-state index is 0.0679. The Balaban J connectivity index is 1.75. The number of amides is 3. The van der Waals surface area contributed by atoms with Gasteiger partial charge in [0.1, 0.15) is 12.4 Å². The molecule has 0 radical (unpaired) electrons. The summed E-state index contributed by atoms with van der Waals surface area (Å²) >= 11 is 1.71. The second kappa shape index (κ2) is 7.63. The van der Waals surface area contributed by atoms with Crippen molar-refractivity contribution in [3.05, 3.63) is 59.4 Å². The van der Waals surface area contributed by atoms with E-state index in [4.69, 9.17) is 0 Å². The number of halogens is 1. The summed E-state index contributed by atoms with van der Waals surface area (Å²) in [5.41, 5.74) is 2.53. The number of hydrogen-bond acceptors (Lipinski definition) is 4. The second-order valence-corrected chi connectivity index (χ2v) is 7.64. The van der Waals surface area contributed by atoms with Crippen molar-refractivity contribution >= 4 is 40.8 Å². The van der Waals surface area contributed by atoms with Crippen molar-refractivity contribution in [3.8, 4) is 0 Å². The van der Waals surface area contributed by atoms with Crippen LogP contribution in [0, 0.1) is 5.82 Å². The lowest BCUT2D eigenvalue weighted by Gasteiger charge is -2.20. The zero-order valence-corrected chi connectivity index (χ0v) is 16.1. The summed E-state index contributed by atoms with van der Waals surface area (Å²) in [4.78, 5) is 32.4. The molecule has 4 rings (SSSR count). The Hall–Kier alpha value is -2.87. The molecule has 2 heterocycles. The van der Waals surface area contributed by atoms with Crippen molar-refractivity contribution in [2.75, 3.05) is 42.0 Å². The summed E-state index contributed by atoms with van der Waals surface area (Å²) in [5.74, 6) is 0.996. The van der Waals surface area contributed by atoms with Crippen LogP contribution in [0.1, 0.15) is 11.1 Å². The van der Waals surface area contributed by atoms with Crippen LogP contribution in [0.5, 0.6) is 0 Å². The van der Waals surface area contributed by atoms with Crippen LogP contribution in [-0.2, 0) is 4.79 Å². The number of fused-ring (bicyclic) bond motifs is 1. The molecule has 1 fully saturated rings. The second-order valence-electron chi connectivity index (χ2n) is 6.56. The van der Waals surface area contributed by atoms with Crippen molar-refractivity contribution in [2.45, 2.75) is 0 Å². The zero-order chi connectivity index (χ0) is 19.7. The summed E-state index contributed by atoms with van der Waals surface area (Å²) in [6, 6.07) is 11.4. The highest BCUT2D eigenvalue weighted by atomic mass is 32.2. The number of benzodiazepines with no additional fused rings is 1. The van der Waals surface area contributed by atoms with E-state index in [1.54, 1.807) is 60.1 Å². The third-order valence-corrected chi connectivity index (χ3v) is 5.75. The molecule has 144 valence electrons. The summed E-state index contributed by atoms with van der Waals surface area (Å²) in [6.07, 6.45) is 0. The lowest BCUT2D eigenvalue weighted by molar-refractivity contribution is -0.116. The number of hydrogen-bond donors (Lipinski definition) is 1. The van der Waals surface area contributed by atoms with Gasteiger partial charge in [-0.2, -0.15) is 0 Å². The molecule has 1 saturated heterocycles. The molecule has 0 aromatic heterocycles.